The Balaban J connectivity index is 3.15. The molecule has 0 aromatic heterocycles. The molecule has 4 heteroatoms. The highest BCUT2D eigenvalue weighted by molar-refractivity contribution is 6.30. The molecule has 0 heterocycles. The Morgan fingerprint density at radius 2 is 1.88 bits per heavy atom. The number of hydrogen-bond acceptors (Lipinski definition) is 3. The standard InChI is InChI=1S/C12H15ClO3/c1-7-6-10(15-3)8(2)5-9(7)11(13)12(14)16-4/h5-6,11H,1-4H3. The molecule has 0 saturated heterocycles. The molecule has 0 aliphatic carbocycles. The third kappa shape index (κ3) is 2.47. The fourth-order valence-electron chi connectivity index (χ4n) is 1.54. The molecule has 88 valence electrons. The summed E-state index contributed by atoms with van der Waals surface area (Å²) in [6.07, 6.45) is 0. The zero-order chi connectivity index (χ0) is 12.3. The Hall–Kier alpha value is -1.22. The van der Waals surface area contributed by atoms with E-state index >= 15 is 0 Å². The van der Waals surface area contributed by atoms with Crippen LogP contribution in [0.3, 0.4) is 0 Å². The van der Waals surface area contributed by atoms with Crippen molar-refractivity contribution in [2.45, 2.75) is 19.2 Å². The van der Waals surface area contributed by atoms with Crippen molar-refractivity contribution in [3.05, 3.63) is 28.8 Å². The molecule has 0 amide bonds. The normalized spacial score (nSPS) is 12.1. The summed E-state index contributed by atoms with van der Waals surface area (Å²) in [6, 6.07) is 3.71. The van der Waals surface area contributed by atoms with Gasteiger partial charge < -0.3 is 9.47 Å². The Labute approximate surface area is 100 Å². The highest BCUT2D eigenvalue weighted by Gasteiger charge is 2.21. The molecule has 1 rings (SSSR count). The SMILES string of the molecule is COC(=O)C(Cl)c1cc(C)c(OC)cc1C. The number of benzene rings is 1. The van der Waals surface area contributed by atoms with Crippen LogP contribution in [0.15, 0.2) is 12.1 Å². The average molecular weight is 243 g/mol. The molecule has 0 fully saturated rings. The van der Waals surface area contributed by atoms with Crippen molar-refractivity contribution >= 4 is 17.6 Å². The minimum Gasteiger partial charge on any atom is -0.496 e. The zero-order valence-electron chi connectivity index (χ0n) is 9.83. The molecule has 1 atom stereocenters. The van der Waals surface area contributed by atoms with Gasteiger partial charge in [0.25, 0.3) is 0 Å². The van der Waals surface area contributed by atoms with E-state index in [0.717, 1.165) is 22.4 Å². The molecule has 0 saturated carbocycles. The molecule has 0 radical (unpaired) electrons. The van der Waals surface area contributed by atoms with Gasteiger partial charge in [0.2, 0.25) is 0 Å². The van der Waals surface area contributed by atoms with Crippen LogP contribution in [0.4, 0.5) is 0 Å². The summed E-state index contributed by atoms with van der Waals surface area (Å²) in [5, 5.41) is -0.769. The van der Waals surface area contributed by atoms with E-state index in [1.54, 1.807) is 7.11 Å². The molecule has 1 aromatic rings. The zero-order valence-corrected chi connectivity index (χ0v) is 10.6. The van der Waals surface area contributed by atoms with Crippen molar-refractivity contribution in [3.63, 3.8) is 0 Å². The molecule has 1 unspecified atom stereocenters. The largest absolute Gasteiger partial charge is 0.496 e. The average Bonchev–Trinajstić information content (AvgIpc) is 2.29. The van der Waals surface area contributed by atoms with Gasteiger partial charge in [-0.3, -0.25) is 4.79 Å². The van der Waals surface area contributed by atoms with Crippen molar-refractivity contribution in [2.75, 3.05) is 14.2 Å². The minimum atomic E-state index is -0.769. The monoisotopic (exact) mass is 242 g/mol. The summed E-state index contributed by atoms with van der Waals surface area (Å²) in [7, 11) is 2.93. The van der Waals surface area contributed by atoms with Crippen LogP contribution in [0.5, 0.6) is 5.75 Å². The number of carbonyl (C=O) groups is 1. The van der Waals surface area contributed by atoms with E-state index < -0.39 is 11.3 Å². The Morgan fingerprint density at radius 3 is 2.38 bits per heavy atom. The number of aryl methyl sites for hydroxylation is 2. The highest BCUT2D eigenvalue weighted by atomic mass is 35.5. The first kappa shape index (κ1) is 12.8. The van der Waals surface area contributed by atoms with Gasteiger partial charge in [-0.15, -0.1) is 11.6 Å². The quantitative estimate of drug-likeness (QED) is 0.604. The third-order valence-corrected chi connectivity index (χ3v) is 2.88. The van der Waals surface area contributed by atoms with Crippen LogP contribution in [0.2, 0.25) is 0 Å². The van der Waals surface area contributed by atoms with E-state index in [9.17, 15) is 4.79 Å². The summed E-state index contributed by atoms with van der Waals surface area (Å²) in [6.45, 7) is 3.79. The van der Waals surface area contributed by atoms with Gasteiger partial charge in [0, 0.05) is 0 Å². The predicted molar refractivity (Wildman–Crippen MR) is 63.1 cm³/mol. The first-order valence-electron chi connectivity index (χ1n) is 4.88. The van der Waals surface area contributed by atoms with Gasteiger partial charge in [-0.2, -0.15) is 0 Å². The van der Waals surface area contributed by atoms with Crippen LogP contribution in [0, 0.1) is 13.8 Å². The van der Waals surface area contributed by atoms with Crippen molar-refractivity contribution < 1.29 is 14.3 Å². The van der Waals surface area contributed by atoms with Crippen molar-refractivity contribution in [1.29, 1.82) is 0 Å². The lowest BCUT2D eigenvalue weighted by molar-refractivity contribution is -0.140. The molecule has 0 aliphatic rings. The van der Waals surface area contributed by atoms with Crippen LogP contribution in [-0.2, 0) is 9.53 Å². The summed E-state index contributed by atoms with van der Waals surface area (Å²) < 4.78 is 9.80. The second kappa shape index (κ2) is 5.21. The van der Waals surface area contributed by atoms with Gasteiger partial charge >= 0.3 is 5.97 Å². The lowest BCUT2D eigenvalue weighted by Crippen LogP contribution is -2.10. The number of carbonyl (C=O) groups excluding carboxylic acids is 1. The molecule has 0 spiro atoms. The molecule has 0 N–H and O–H groups in total. The van der Waals surface area contributed by atoms with Gasteiger partial charge in [0.1, 0.15) is 5.75 Å². The van der Waals surface area contributed by atoms with Gasteiger partial charge in [0.05, 0.1) is 14.2 Å². The Bertz CT molecular complexity index is 401. The van der Waals surface area contributed by atoms with Crippen molar-refractivity contribution in [3.8, 4) is 5.75 Å². The molecular formula is C12H15ClO3. The number of rotatable bonds is 3. The Morgan fingerprint density at radius 1 is 1.25 bits per heavy atom. The summed E-state index contributed by atoms with van der Waals surface area (Å²) in [5.41, 5.74) is 2.61. The first-order valence-corrected chi connectivity index (χ1v) is 5.32. The topological polar surface area (TPSA) is 35.5 Å². The molecule has 0 bridgehead atoms. The molecular weight excluding hydrogens is 228 g/mol. The van der Waals surface area contributed by atoms with Crippen molar-refractivity contribution in [2.24, 2.45) is 0 Å². The van der Waals surface area contributed by atoms with Crippen LogP contribution in [0.1, 0.15) is 22.1 Å². The highest BCUT2D eigenvalue weighted by Crippen LogP contribution is 2.30. The summed E-state index contributed by atoms with van der Waals surface area (Å²) >= 11 is 6.01. The number of halogens is 1. The van der Waals surface area contributed by atoms with Gasteiger partial charge in [-0.05, 0) is 36.6 Å². The molecule has 3 nitrogen and oxygen atoms in total. The van der Waals surface area contributed by atoms with Crippen LogP contribution < -0.4 is 4.74 Å². The number of ether oxygens (including phenoxy) is 2. The number of esters is 1. The van der Waals surface area contributed by atoms with Gasteiger partial charge in [0.15, 0.2) is 5.38 Å². The van der Waals surface area contributed by atoms with Gasteiger partial charge in [-0.25, -0.2) is 0 Å². The molecule has 16 heavy (non-hydrogen) atoms. The Kier molecular flexibility index (Phi) is 4.19. The maximum absolute atomic E-state index is 11.3. The van der Waals surface area contributed by atoms with E-state index in [4.69, 9.17) is 16.3 Å². The van der Waals surface area contributed by atoms with Crippen LogP contribution >= 0.6 is 11.6 Å². The second-order valence-electron chi connectivity index (χ2n) is 3.56. The number of alkyl halides is 1. The number of hydrogen-bond donors (Lipinski definition) is 0. The summed E-state index contributed by atoms with van der Waals surface area (Å²) in [4.78, 5) is 11.3. The maximum atomic E-state index is 11.3. The van der Waals surface area contributed by atoms with Crippen molar-refractivity contribution in [1.82, 2.24) is 0 Å². The van der Waals surface area contributed by atoms with E-state index in [0.29, 0.717) is 0 Å². The van der Waals surface area contributed by atoms with E-state index in [-0.39, 0.29) is 0 Å². The molecule has 0 aliphatic heterocycles. The second-order valence-corrected chi connectivity index (χ2v) is 4.00. The van der Waals surface area contributed by atoms with Gasteiger partial charge in [-0.1, -0.05) is 6.07 Å². The predicted octanol–water partition coefficient (Wildman–Crippen LogP) is 2.76. The lowest BCUT2D eigenvalue weighted by Gasteiger charge is -2.14. The summed E-state index contributed by atoms with van der Waals surface area (Å²) in [5.74, 6) is 0.337. The first-order chi connectivity index (χ1) is 7.51. The maximum Gasteiger partial charge on any atom is 0.328 e. The minimum absolute atomic E-state index is 0.450. The van der Waals surface area contributed by atoms with E-state index in [1.807, 2.05) is 26.0 Å². The molecule has 1 aromatic carbocycles. The van der Waals surface area contributed by atoms with Crippen LogP contribution in [-0.4, -0.2) is 20.2 Å². The van der Waals surface area contributed by atoms with Crippen LogP contribution in [0.25, 0.3) is 0 Å². The van der Waals surface area contributed by atoms with E-state index in [1.165, 1.54) is 7.11 Å². The lowest BCUT2D eigenvalue weighted by atomic mass is 10.0. The fourth-order valence-corrected chi connectivity index (χ4v) is 1.86. The third-order valence-electron chi connectivity index (χ3n) is 2.46. The number of methoxy groups -OCH3 is 2. The smallest absolute Gasteiger partial charge is 0.328 e. The van der Waals surface area contributed by atoms with E-state index in [2.05, 4.69) is 4.74 Å². The fraction of sp³-hybridized carbons (Fsp3) is 0.417.